The minimum absolute atomic E-state index is 0.000380. The van der Waals surface area contributed by atoms with E-state index in [2.05, 4.69) is 0 Å². The first-order valence-corrected chi connectivity index (χ1v) is 6.51. The lowest BCUT2D eigenvalue weighted by molar-refractivity contribution is -0.135. The Labute approximate surface area is 113 Å². The van der Waals surface area contributed by atoms with E-state index in [1.807, 2.05) is 19.1 Å². The maximum Gasteiger partial charge on any atom is 0.260 e. The van der Waals surface area contributed by atoms with E-state index in [1.54, 1.807) is 17.0 Å². The highest BCUT2D eigenvalue weighted by molar-refractivity contribution is 5.78. The normalized spacial score (nSPS) is 22.5. The van der Waals surface area contributed by atoms with Gasteiger partial charge in [-0.3, -0.25) is 4.79 Å². The van der Waals surface area contributed by atoms with E-state index in [-0.39, 0.29) is 25.2 Å². The average Bonchev–Trinajstić information content (AvgIpc) is 2.78. The van der Waals surface area contributed by atoms with E-state index in [0.29, 0.717) is 23.9 Å². The number of carbonyl (C=O) groups is 1. The van der Waals surface area contributed by atoms with Gasteiger partial charge in [0.25, 0.3) is 5.91 Å². The largest absolute Gasteiger partial charge is 0.482 e. The summed E-state index contributed by atoms with van der Waals surface area (Å²) in [7, 11) is 0. The fourth-order valence-corrected chi connectivity index (χ4v) is 2.43. The Kier molecular flexibility index (Phi) is 4.27. The molecule has 5 nitrogen and oxygen atoms in total. The predicted molar refractivity (Wildman–Crippen MR) is 72.7 cm³/mol. The van der Waals surface area contributed by atoms with Crippen molar-refractivity contribution >= 4 is 11.6 Å². The van der Waals surface area contributed by atoms with Crippen molar-refractivity contribution in [3.63, 3.8) is 0 Å². The Morgan fingerprint density at radius 1 is 1.53 bits per heavy atom. The SMILES string of the molecule is CC1CCN(C(=O)COc2ccccc2N)C1CO. The van der Waals surface area contributed by atoms with Crippen molar-refractivity contribution in [3.05, 3.63) is 24.3 Å². The number of carbonyl (C=O) groups excluding carboxylic acids is 1. The fourth-order valence-electron chi connectivity index (χ4n) is 2.43. The summed E-state index contributed by atoms with van der Waals surface area (Å²) in [6.07, 6.45) is 0.921. The third-order valence-corrected chi connectivity index (χ3v) is 3.66. The molecule has 1 aliphatic rings. The van der Waals surface area contributed by atoms with Crippen molar-refractivity contribution in [2.45, 2.75) is 19.4 Å². The van der Waals surface area contributed by atoms with E-state index in [9.17, 15) is 9.90 Å². The number of hydrogen-bond donors (Lipinski definition) is 2. The molecule has 0 aromatic heterocycles. The molecule has 3 N–H and O–H groups in total. The molecule has 5 heteroatoms. The van der Waals surface area contributed by atoms with Crippen molar-refractivity contribution in [2.24, 2.45) is 5.92 Å². The molecule has 104 valence electrons. The predicted octanol–water partition coefficient (Wildman–Crippen LogP) is 0.877. The molecule has 1 aromatic carbocycles. The molecule has 0 saturated carbocycles. The molecule has 1 aromatic rings. The van der Waals surface area contributed by atoms with Crippen LogP contribution in [0.2, 0.25) is 0 Å². The quantitative estimate of drug-likeness (QED) is 0.791. The van der Waals surface area contributed by atoms with Gasteiger partial charge in [-0.2, -0.15) is 0 Å². The molecule has 1 saturated heterocycles. The number of likely N-dealkylation sites (tertiary alicyclic amines) is 1. The molecule has 0 bridgehead atoms. The zero-order valence-electron chi connectivity index (χ0n) is 11.1. The molecular formula is C14H20N2O3. The fraction of sp³-hybridized carbons (Fsp3) is 0.500. The summed E-state index contributed by atoms with van der Waals surface area (Å²) in [4.78, 5) is 13.8. The van der Waals surface area contributed by atoms with Gasteiger partial charge in [0, 0.05) is 6.54 Å². The van der Waals surface area contributed by atoms with E-state index in [1.165, 1.54) is 0 Å². The Bertz CT molecular complexity index is 450. The van der Waals surface area contributed by atoms with Gasteiger partial charge in [0.15, 0.2) is 6.61 Å². The molecule has 2 unspecified atom stereocenters. The van der Waals surface area contributed by atoms with Crippen LogP contribution in [0, 0.1) is 5.92 Å². The number of anilines is 1. The molecule has 0 spiro atoms. The molecule has 0 aliphatic carbocycles. The van der Waals surface area contributed by atoms with E-state index < -0.39 is 0 Å². The van der Waals surface area contributed by atoms with Crippen molar-refractivity contribution in [2.75, 3.05) is 25.5 Å². The summed E-state index contributed by atoms with van der Waals surface area (Å²) in [5.41, 5.74) is 6.26. The van der Waals surface area contributed by atoms with Crippen molar-refractivity contribution < 1.29 is 14.6 Å². The first-order chi connectivity index (χ1) is 9.13. The van der Waals surface area contributed by atoms with Crippen LogP contribution < -0.4 is 10.5 Å². The van der Waals surface area contributed by atoms with Crippen LogP contribution >= 0.6 is 0 Å². The van der Waals surface area contributed by atoms with Gasteiger partial charge in [-0.05, 0) is 24.5 Å². The van der Waals surface area contributed by atoms with Crippen LogP contribution in [0.3, 0.4) is 0 Å². The van der Waals surface area contributed by atoms with Crippen molar-refractivity contribution in [1.82, 2.24) is 4.90 Å². The van der Waals surface area contributed by atoms with Gasteiger partial charge in [0.05, 0.1) is 18.3 Å². The summed E-state index contributed by atoms with van der Waals surface area (Å²) in [5, 5.41) is 9.33. The topological polar surface area (TPSA) is 75.8 Å². The zero-order valence-corrected chi connectivity index (χ0v) is 11.1. The number of aliphatic hydroxyl groups excluding tert-OH is 1. The molecular weight excluding hydrogens is 244 g/mol. The molecule has 19 heavy (non-hydrogen) atoms. The molecule has 1 amide bonds. The number of amides is 1. The lowest BCUT2D eigenvalue weighted by Crippen LogP contribution is -2.42. The minimum atomic E-state index is -0.105. The molecule has 1 heterocycles. The number of nitrogen functional groups attached to an aromatic ring is 1. The van der Waals surface area contributed by atoms with Crippen molar-refractivity contribution in [1.29, 1.82) is 0 Å². The summed E-state index contributed by atoms with van der Waals surface area (Å²) < 4.78 is 5.44. The first kappa shape index (κ1) is 13.7. The van der Waals surface area contributed by atoms with Crippen molar-refractivity contribution in [3.8, 4) is 5.75 Å². The van der Waals surface area contributed by atoms with Gasteiger partial charge < -0.3 is 20.5 Å². The van der Waals surface area contributed by atoms with Crippen LogP contribution in [0.25, 0.3) is 0 Å². The smallest absolute Gasteiger partial charge is 0.260 e. The number of rotatable bonds is 4. The summed E-state index contributed by atoms with van der Waals surface area (Å²) in [6.45, 7) is 2.68. The number of benzene rings is 1. The van der Waals surface area contributed by atoms with E-state index in [0.717, 1.165) is 6.42 Å². The van der Waals surface area contributed by atoms with Crippen LogP contribution in [-0.4, -0.2) is 41.7 Å². The van der Waals surface area contributed by atoms with Gasteiger partial charge in [-0.1, -0.05) is 19.1 Å². The lowest BCUT2D eigenvalue weighted by Gasteiger charge is -2.25. The maximum atomic E-state index is 12.1. The highest BCUT2D eigenvalue weighted by atomic mass is 16.5. The molecule has 2 rings (SSSR count). The number of para-hydroxylation sites is 2. The second kappa shape index (κ2) is 5.93. The lowest BCUT2D eigenvalue weighted by atomic mass is 10.0. The van der Waals surface area contributed by atoms with Crippen LogP contribution in [-0.2, 0) is 4.79 Å². The Balaban J connectivity index is 1.93. The van der Waals surface area contributed by atoms with Gasteiger partial charge in [0.2, 0.25) is 0 Å². The summed E-state index contributed by atoms with van der Waals surface area (Å²) in [5.74, 6) is 0.742. The second-order valence-electron chi connectivity index (χ2n) is 4.93. The van der Waals surface area contributed by atoms with Gasteiger partial charge in [0.1, 0.15) is 5.75 Å². The van der Waals surface area contributed by atoms with Crippen LogP contribution in [0.4, 0.5) is 5.69 Å². The highest BCUT2D eigenvalue weighted by Gasteiger charge is 2.33. The van der Waals surface area contributed by atoms with Crippen LogP contribution in [0.5, 0.6) is 5.75 Å². The Morgan fingerprint density at radius 3 is 2.95 bits per heavy atom. The number of nitrogens with zero attached hydrogens (tertiary/aromatic N) is 1. The van der Waals surface area contributed by atoms with Crippen LogP contribution in [0.15, 0.2) is 24.3 Å². The van der Waals surface area contributed by atoms with Gasteiger partial charge in [-0.15, -0.1) is 0 Å². The second-order valence-corrected chi connectivity index (χ2v) is 4.93. The molecule has 1 aliphatic heterocycles. The summed E-state index contributed by atoms with van der Waals surface area (Å²) in [6, 6.07) is 7.00. The number of ether oxygens (including phenoxy) is 1. The molecule has 2 atom stereocenters. The third-order valence-electron chi connectivity index (χ3n) is 3.66. The summed E-state index contributed by atoms with van der Waals surface area (Å²) >= 11 is 0. The zero-order chi connectivity index (χ0) is 13.8. The number of aliphatic hydroxyl groups is 1. The number of hydrogen-bond acceptors (Lipinski definition) is 4. The standard InChI is InChI=1S/C14H20N2O3/c1-10-6-7-16(12(10)8-17)14(18)9-19-13-5-3-2-4-11(13)15/h2-5,10,12,17H,6-9,15H2,1H3. The Morgan fingerprint density at radius 2 is 2.26 bits per heavy atom. The van der Waals surface area contributed by atoms with E-state index in [4.69, 9.17) is 10.5 Å². The highest BCUT2D eigenvalue weighted by Crippen LogP contribution is 2.24. The third kappa shape index (κ3) is 2.98. The monoisotopic (exact) mass is 264 g/mol. The molecule has 0 radical (unpaired) electrons. The van der Waals surface area contributed by atoms with Crippen LogP contribution in [0.1, 0.15) is 13.3 Å². The van der Waals surface area contributed by atoms with Gasteiger partial charge in [-0.25, -0.2) is 0 Å². The van der Waals surface area contributed by atoms with E-state index >= 15 is 0 Å². The van der Waals surface area contributed by atoms with Gasteiger partial charge >= 0.3 is 0 Å². The Hall–Kier alpha value is -1.75. The average molecular weight is 264 g/mol. The minimum Gasteiger partial charge on any atom is -0.482 e. The maximum absolute atomic E-state index is 12.1. The number of nitrogens with two attached hydrogens (primary N) is 1. The molecule has 1 fully saturated rings. The first-order valence-electron chi connectivity index (χ1n) is 6.51.